The van der Waals surface area contributed by atoms with E-state index in [9.17, 15) is 4.79 Å². The van der Waals surface area contributed by atoms with Crippen LogP contribution in [0.15, 0.2) is 41.8 Å². The lowest BCUT2D eigenvalue weighted by atomic mass is 10.1. The molecule has 0 radical (unpaired) electrons. The van der Waals surface area contributed by atoms with E-state index in [0.717, 1.165) is 5.56 Å². The van der Waals surface area contributed by atoms with Crippen LogP contribution in [0.2, 0.25) is 0 Å². The first-order valence-corrected chi connectivity index (χ1v) is 5.99. The highest BCUT2D eigenvalue weighted by molar-refractivity contribution is 7.98. The Morgan fingerprint density at radius 3 is 2.67 bits per heavy atom. The van der Waals surface area contributed by atoms with Crippen molar-refractivity contribution in [3.05, 3.63) is 42.5 Å². The van der Waals surface area contributed by atoms with Crippen LogP contribution in [0.25, 0.3) is 0 Å². The van der Waals surface area contributed by atoms with E-state index >= 15 is 0 Å². The summed E-state index contributed by atoms with van der Waals surface area (Å²) in [6.07, 6.45) is 4.14. The fraction of sp³-hybridized carbons (Fsp3) is 0.250. The summed E-state index contributed by atoms with van der Waals surface area (Å²) in [7, 11) is 0. The molecule has 1 amide bonds. The maximum Gasteiger partial charge on any atom is 0.224 e. The Bertz CT molecular complexity index is 332. The quantitative estimate of drug-likeness (QED) is 0.610. The highest BCUT2D eigenvalue weighted by Crippen LogP contribution is 2.14. The van der Waals surface area contributed by atoms with Gasteiger partial charge in [0.05, 0.1) is 6.42 Å². The lowest BCUT2D eigenvalue weighted by Crippen LogP contribution is -2.24. The van der Waals surface area contributed by atoms with E-state index in [4.69, 9.17) is 0 Å². The predicted octanol–water partition coefficient (Wildman–Crippen LogP) is 2.25. The van der Waals surface area contributed by atoms with Crippen molar-refractivity contribution in [1.29, 1.82) is 0 Å². The van der Waals surface area contributed by atoms with E-state index in [1.54, 1.807) is 17.8 Å². The van der Waals surface area contributed by atoms with Crippen LogP contribution in [0.3, 0.4) is 0 Å². The van der Waals surface area contributed by atoms with Crippen molar-refractivity contribution in [1.82, 2.24) is 5.32 Å². The van der Waals surface area contributed by atoms with Gasteiger partial charge in [-0.15, -0.1) is 18.3 Å². The molecule has 1 rings (SSSR count). The van der Waals surface area contributed by atoms with Gasteiger partial charge in [0.15, 0.2) is 0 Å². The van der Waals surface area contributed by atoms with Gasteiger partial charge in [0, 0.05) is 11.4 Å². The van der Waals surface area contributed by atoms with E-state index in [1.165, 1.54) is 4.90 Å². The number of carbonyl (C=O) groups excluding carboxylic acids is 1. The predicted molar refractivity (Wildman–Crippen MR) is 65.1 cm³/mol. The minimum atomic E-state index is 0.0341. The van der Waals surface area contributed by atoms with Gasteiger partial charge in [-0.2, -0.15) is 0 Å². The van der Waals surface area contributed by atoms with Crippen LogP contribution in [0, 0.1) is 0 Å². The molecule has 0 aliphatic carbocycles. The first-order valence-electron chi connectivity index (χ1n) is 4.77. The number of hydrogen-bond acceptors (Lipinski definition) is 2. The molecule has 0 heterocycles. The molecule has 2 nitrogen and oxygen atoms in total. The van der Waals surface area contributed by atoms with Gasteiger partial charge in [-0.3, -0.25) is 4.79 Å². The molecule has 0 bridgehead atoms. The van der Waals surface area contributed by atoms with Crippen molar-refractivity contribution >= 4 is 17.7 Å². The molecule has 0 unspecified atom stereocenters. The highest BCUT2D eigenvalue weighted by atomic mass is 32.2. The highest BCUT2D eigenvalue weighted by Gasteiger charge is 2.01. The van der Waals surface area contributed by atoms with Gasteiger partial charge in [-0.05, 0) is 24.0 Å². The topological polar surface area (TPSA) is 29.1 Å². The SMILES string of the molecule is C=CCNC(=O)Cc1ccc(SC)cc1. The summed E-state index contributed by atoms with van der Waals surface area (Å²) in [5.41, 5.74) is 1.04. The molecule has 1 aromatic rings. The fourth-order valence-corrected chi connectivity index (χ4v) is 1.59. The van der Waals surface area contributed by atoms with Crippen LogP contribution in [0.4, 0.5) is 0 Å². The summed E-state index contributed by atoms with van der Waals surface area (Å²) in [5, 5.41) is 2.75. The number of hydrogen-bond donors (Lipinski definition) is 1. The number of benzene rings is 1. The standard InChI is InChI=1S/C12H15NOS/c1-3-8-13-12(14)9-10-4-6-11(15-2)7-5-10/h3-7H,1,8-9H2,2H3,(H,13,14). The van der Waals surface area contributed by atoms with Crippen LogP contribution in [0.5, 0.6) is 0 Å². The third kappa shape index (κ3) is 4.21. The maximum absolute atomic E-state index is 11.4. The van der Waals surface area contributed by atoms with Crippen molar-refractivity contribution in [2.24, 2.45) is 0 Å². The molecule has 0 aliphatic heterocycles. The van der Waals surface area contributed by atoms with Gasteiger partial charge in [-0.1, -0.05) is 18.2 Å². The van der Waals surface area contributed by atoms with Gasteiger partial charge in [-0.25, -0.2) is 0 Å². The molecule has 15 heavy (non-hydrogen) atoms. The van der Waals surface area contributed by atoms with Gasteiger partial charge in [0.1, 0.15) is 0 Å². The van der Waals surface area contributed by atoms with Crippen molar-refractivity contribution in [2.75, 3.05) is 12.8 Å². The third-order valence-corrected chi connectivity index (χ3v) is 2.71. The third-order valence-electron chi connectivity index (χ3n) is 1.97. The van der Waals surface area contributed by atoms with Crippen LogP contribution < -0.4 is 5.32 Å². The normalized spacial score (nSPS) is 9.67. The second-order valence-electron chi connectivity index (χ2n) is 3.12. The summed E-state index contributed by atoms with van der Waals surface area (Å²) in [4.78, 5) is 12.6. The molecule has 0 spiro atoms. The molecule has 1 aromatic carbocycles. The molecular formula is C12H15NOS. The Morgan fingerprint density at radius 2 is 2.13 bits per heavy atom. The fourth-order valence-electron chi connectivity index (χ4n) is 1.18. The van der Waals surface area contributed by atoms with Crippen molar-refractivity contribution < 1.29 is 4.79 Å². The second-order valence-corrected chi connectivity index (χ2v) is 4.00. The molecular weight excluding hydrogens is 206 g/mol. The lowest BCUT2D eigenvalue weighted by Gasteiger charge is -2.03. The molecule has 80 valence electrons. The second kappa shape index (κ2) is 6.30. The molecule has 3 heteroatoms. The average Bonchev–Trinajstić information content (AvgIpc) is 2.27. The largest absolute Gasteiger partial charge is 0.352 e. The zero-order valence-electron chi connectivity index (χ0n) is 8.82. The molecule has 0 fully saturated rings. The molecule has 1 N–H and O–H groups in total. The molecule has 0 aromatic heterocycles. The summed E-state index contributed by atoms with van der Waals surface area (Å²) in [6.45, 7) is 4.07. The van der Waals surface area contributed by atoms with Crippen LogP contribution >= 0.6 is 11.8 Å². The average molecular weight is 221 g/mol. The van der Waals surface area contributed by atoms with E-state index in [-0.39, 0.29) is 5.91 Å². The van der Waals surface area contributed by atoms with Gasteiger partial charge >= 0.3 is 0 Å². The van der Waals surface area contributed by atoms with Crippen molar-refractivity contribution in [3.8, 4) is 0 Å². The van der Waals surface area contributed by atoms with Gasteiger partial charge < -0.3 is 5.32 Å². The van der Waals surface area contributed by atoms with E-state index in [1.807, 2.05) is 30.5 Å². The van der Waals surface area contributed by atoms with E-state index in [0.29, 0.717) is 13.0 Å². The monoisotopic (exact) mass is 221 g/mol. The summed E-state index contributed by atoms with van der Waals surface area (Å²) >= 11 is 1.70. The van der Waals surface area contributed by atoms with E-state index in [2.05, 4.69) is 11.9 Å². The summed E-state index contributed by atoms with van der Waals surface area (Å²) < 4.78 is 0. The number of amides is 1. The zero-order valence-corrected chi connectivity index (χ0v) is 9.64. The van der Waals surface area contributed by atoms with Crippen LogP contribution in [-0.2, 0) is 11.2 Å². The van der Waals surface area contributed by atoms with Gasteiger partial charge in [0.25, 0.3) is 0 Å². The zero-order chi connectivity index (χ0) is 11.1. The van der Waals surface area contributed by atoms with Crippen LogP contribution in [0.1, 0.15) is 5.56 Å². The molecule has 0 aliphatic rings. The summed E-state index contributed by atoms with van der Waals surface area (Å²) in [6, 6.07) is 8.03. The van der Waals surface area contributed by atoms with Crippen LogP contribution in [-0.4, -0.2) is 18.7 Å². The van der Waals surface area contributed by atoms with Gasteiger partial charge in [0.2, 0.25) is 5.91 Å². The van der Waals surface area contributed by atoms with Crippen molar-refractivity contribution in [2.45, 2.75) is 11.3 Å². The van der Waals surface area contributed by atoms with Crippen molar-refractivity contribution in [3.63, 3.8) is 0 Å². The number of rotatable bonds is 5. The summed E-state index contributed by atoms with van der Waals surface area (Å²) in [5.74, 6) is 0.0341. The Morgan fingerprint density at radius 1 is 1.47 bits per heavy atom. The Balaban J connectivity index is 2.49. The first kappa shape index (κ1) is 11.9. The molecule has 0 saturated heterocycles. The van der Waals surface area contributed by atoms with E-state index < -0.39 is 0 Å². The number of thioether (sulfide) groups is 1. The number of nitrogens with one attached hydrogen (secondary N) is 1. The maximum atomic E-state index is 11.4. The molecule has 0 atom stereocenters. The first-order chi connectivity index (χ1) is 7.26. The number of carbonyl (C=O) groups is 1. The smallest absolute Gasteiger partial charge is 0.224 e. The minimum absolute atomic E-state index is 0.0341. The lowest BCUT2D eigenvalue weighted by molar-refractivity contribution is -0.120. The Kier molecular flexibility index (Phi) is 4.98. The Hall–Kier alpha value is -1.22. The Labute approximate surface area is 94.8 Å². The molecule has 0 saturated carbocycles. The minimum Gasteiger partial charge on any atom is -0.352 e.